The van der Waals surface area contributed by atoms with Crippen molar-refractivity contribution in [3.63, 3.8) is 0 Å². The van der Waals surface area contributed by atoms with E-state index in [1.54, 1.807) is 6.92 Å². The molecule has 0 aliphatic rings. The monoisotopic (exact) mass is 458 g/mol. The van der Waals surface area contributed by atoms with E-state index in [1.807, 2.05) is 34.6 Å². The van der Waals surface area contributed by atoms with Crippen LogP contribution in [0, 0.1) is 17.8 Å². The summed E-state index contributed by atoms with van der Waals surface area (Å²) in [5.74, 6) is -3.02. The van der Waals surface area contributed by atoms with Crippen molar-refractivity contribution in [2.24, 2.45) is 23.5 Å². The number of carbonyl (C=O) groups excluding carboxylic acids is 3. The second kappa shape index (κ2) is 14.1. The Morgan fingerprint density at radius 1 is 0.906 bits per heavy atom. The van der Waals surface area contributed by atoms with Gasteiger partial charge < -0.3 is 31.5 Å². The second-order valence-electron chi connectivity index (χ2n) is 9.29. The van der Waals surface area contributed by atoms with Gasteiger partial charge in [0.2, 0.25) is 17.7 Å². The van der Waals surface area contributed by atoms with Crippen molar-refractivity contribution in [3.8, 4) is 0 Å². The minimum absolute atomic E-state index is 0.0167. The first-order valence-electron chi connectivity index (χ1n) is 11.2. The lowest BCUT2D eigenvalue weighted by Crippen LogP contribution is -2.59. The van der Waals surface area contributed by atoms with Crippen LogP contribution in [0.25, 0.3) is 0 Å². The van der Waals surface area contributed by atoms with Gasteiger partial charge in [0.15, 0.2) is 0 Å². The van der Waals surface area contributed by atoms with Crippen LogP contribution in [-0.4, -0.2) is 76.6 Å². The van der Waals surface area contributed by atoms with Crippen molar-refractivity contribution in [3.05, 3.63) is 0 Å². The van der Waals surface area contributed by atoms with Gasteiger partial charge in [-0.1, -0.05) is 48.0 Å². The van der Waals surface area contributed by atoms with Crippen LogP contribution in [0.15, 0.2) is 0 Å². The molecule has 3 amide bonds. The lowest BCUT2D eigenvalue weighted by atomic mass is 9.95. The van der Waals surface area contributed by atoms with Gasteiger partial charge in [-0.25, -0.2) is 4.79 Å². The molecule has 0 unspecified atom stereocenters. The number of likely N-dealkylation sites (N-methyl/N-ethyl adjacent to an activating group) is 1. The summed E-state index contributed by atoms with van der Waals surface area (Å²) in [6.07, 6.45) is 1.25. The maximum atomic E-state index is 13.1. The Balaban J connectivity index is 5.49. The molecule has 0 bridgehead atoms. The normalized spacial score (nSPS) is 16.1. The summed E-state index contributed by atoms with van der Waals surface area (Å²) >= 11 is 0. The van der Waals surface area contributed by atoms with Crippen molar-refractivity contribution < 1.29 is 29.4 Å². The first-order chi connectivity index (χ1) is 14.8. The summed E-state index contributed by atoms with van der Waals surface area (Å²) in [6, 6.07) is -4.16. The van der Waals surface area contributed by atoms with Gasteiger partial charge in [0.25, 0.3) is 0 Å². The van der Waals surface area contributed by atoms with Crippen LogP contribution in [0.5, 0.6) is 0 Å². The predicted molar refractivity (Wildman–Crippen MR) is 121 cm³/mol. The maximum Gasteiger partial charge on any atom is 0.326 e. The van der Waals surface area contributed by atoms with E-state index in [2.05, 4.69) is 10.6 Å². The number of aliphatic hydroxyl groups is 1. The molecule has 0 spiro atoms. The highest BCUT2D eigenvalue weighted by atomic mass is 16.4. The number of aliphatic hydroxyl groups excluding tert-OH is 1. The zero-order valence-electron chi connectivity index (χ0n) is 20.4. The number of nitrogens with one attached hydrogen (secondary N) is 2. The van der Waals surface area contributed by atoms with Crippen molar-refractivity contribution >= 4 is 23.7 Å². The Bertz CT molecular complexity index is 640. The number of hydrogen-bond donors (Lipinski definition) is 5. The van der Waals surface area contributed by atoms with Gasteiger partial charge in [-0.3, -0.25) is 14.4 Å². The fourth-order valence-corrected chi connectivity index (χ4v) is 3.46. The number of hydrogen-bond acceptors (Lipinski definition) is 6. The van der Waals surface area contributed by atoms with Gasteiger partial charge in [0, 0.05) is 7.05 Å². The highest BCUT2D eigenvalue weighted by Crippen LogP contribution is 2.17. The molecule has 0 rings (SSSR count). The molecule has 32 heavy (non-hydrogen) atoms. The van der Waals surface area contributed by atoms with Crippen molar-refractivity contribution in [2.45, 2.75) is 85.0 Å². The number of amides is 3. The first-order valence-corrected chi connectivity index (χ1v) is 11.2. The van der Waals surface area contributed by atoms with Crippen LogP contribution in [0.3, 0.4) is 0 Å². The third kappa shape index (κ3) is 9.52. The van der Waals surface area contributed by atoms with Crippen LogP contribution >= 0.6 is 0 Å². The minimum Gasteiger partial charge on any atom is -0.480 e. The van der Waals surface area contributed by atoms with Gasteiger partial charge >= 0.3 is 5.97 Å². The Labute approximate surface area is 191 Å². The van der Waals surface area contributed by atoms with Gasteiger partial charge in [0.05, 0.1) is 12.6 Å². The summed E-state index contributed by atoms with van der Waals surface area (Å²) in [6.45, 7) is 10.5. The van der Waals surface area contributed by atoms with E-state index in [4.69, 9.17) is 5.73 Å². The molecule has 0 heterocycles. The minimum atomic E-state index is -1.35. The molecule has 0 aliphatic carbocycles. The van der Waals surface area contributed by atoms with E-state index >= 15 is 0 Å². The highest BCUT2D eigenvalue weighted by molar-refractivity contribution is 5.94. The number of carboxylic acids is 1. The van der Waals surface area contributed by atoms with E-state index in [9.17, 15) is 29.4 Å². The number of nitrogens with two attached hydrogens (primary N) is 1. The molecule has 0 saturated carbocycles. The van der Waals surface area contributed by atoms with Crippen LogP contribution in [0.2, 0.25) is 0 Å². The summed E-state index contributed by atoms with van der Waals surface area (Å²) < 4.78 is 0. The topological polar surface area (TPSA) is 162 Å². The number of aliphatic carboxylic acids is 1. The molecular weight excluding hydrogens is 416 g/mol. The smallest absolute Gasteiger partial charge is 0.326 e. The van der Waals surface area contributed by atoms with Gasteiger partial charge in [0.1, 0.15) is 18.1 Å². The number of carboxylic acid groups (broad SMARTS) is 1. The molecule has 6 N–H and O–H groups in total. The summed E-state index contributed by atoms with van der Waals surface area (Å²) in [4.78, 5) is 51.1. The summed E-state index contributed by atoms with van der Waals surface area (Å²) in [5.41, 5.74) is 6.01. The molecular formula is C22H42N4O6. The SMILES string of the molecule is CC[C@H](C)[C@H](C(=O)N[C@H](CO)C(=O)N[C@H](CC(C)C)C(=O)O)N(C)C(=O)[C@@H](N)CC(C)C. The molecule has 0 saturated heterocycles. The Morgan fingerprint density at radius 3 is 1.81 bits per heavy atom. The molecule has 10 heteroatoms. The lowest BCUT2D eigenvalue weighted by molar-refractivity contribution is -0.144. The van der Waals surface area contributed by atoms with Gasteiger partial charge in [-0.15, -0.1) is 0 Å². The predicted octanol–water partition coefficient (Wildman–Crippen LogP) is 0.326. The molecule has 0 aromatic rings. The number of nitrogens with zero attached hydrogens (tertiary/aromatic N) is 1. The first kappa shape index (κ1) is 29.8. The van der Waals surface area contributed by atoms with E-state index in [-0.39, 0.29) is 30.1 Å². The Morgan fingerprint density at radius 2 is 1.41 bits per heavy atom. The molecule has 0 aromatic carbocycles. The van der Waals surface area contributed by atoms with E-state index in [0.29, 0.717) is 12.8 Å². The molecule has 186 valence electrons. The van der Waals surface area contributed by atoms with E-state index in [1.165, 1.54) is 11.9 Å². The van der Waals surface area contributed by atoms with E-state index < -0.39 is 48.6 Å². The van der Waals surface area contributed by atoms with Gasteiger partial charge in [-0.2, -0.15) is 0 Å². The Kier molecular flexibility index (Phi) is 13.1. The van der Waals surface area contributed by atoms with Crippen molar-refractivity contribution in [1.82, 2.24) is 15.5 Å². The third-order valence-electron chi connectivity index (χ3n) is 5.40. The standard InChI is InChI=1S/C22H42N4O6/c1-8-14(6)18(26(7)21(30)15(23)9-12(2)3)20(29)25-17(11-27)19(28)24-16(22(31)32)10-13(4)5/h12-18,27H,8-11,23H2,1-7H3,(H,24,28)(H,25,29)(H,31,32)/t14-,15-,16+,17+,18+/m0/s1. The fourth-order valence-electron chi connectivity index (χ4n) is 3.46. The van der Waals surface area contributed by atoms with Crippen LogP contribution < -0.4 is 16.4 Å². The number of rotatable bonds is 14. The van der Waals surface area contributed by atoms with Crippen LogP contribution in [-0.2, 0) is 19.2 Å². The van der Waals surface area contributed by atoms with Crippen LogP contribution in [0.1, 0.15) is 60.8 Å². The number of carbonyl (C=O) groups is 4. The largest absolute Gasteiger partial charge is 0.480 e. The average molecular weight is 459 g/mol. The second-order valence-corrected chi connectivity index (χ2v) is 9.29. The third-order valence-corrected chi connectivity index (χ3v) is 5.40. The molecule has 10 nitrogen and oxygen atoms in total. The Hall–Kier alpha value is -2.20. The summed E-state index contributed by atoms with van der Waals surface area (Å²) in [5, 5.41) is 23.8. The fraction of sp³-hybridized carbons (Fsp3) is 0.818. The van der Waals surface area contributed by atoms with Crippen LogP contribution in [0.4, 0.5) is 0 Å². The molecule has 0 radical (unpaired) electrons. The highest BCUT2D eigenvalue weighted by Gasteiger charge is 2.35. The zero-order chi connectivity index (χ0) is 25.2. The molecule has 5 atom stereocenters. The van der Waals surface area contributed by atoms with Crippen molar-refractivity contribution in [2.75, 3.05) is 13.7 Å². The zero-order valence-corrected chi connectivity index (χ0v) is 20.4. The van der Waals surface area contributed by atoms with Gasteiger partial charge in [-0.05, 0) is 30.6 Å². The van der Waals surface area contributed by atoms with Crippen molar-refractivity contribution in [1.29, 1.82) is 0 Å². The maximum absolute atomic E-state index is 13.1. The lowest BCUT2D eigenvalue weighted by Gasteiger charge is -2.34. The van der Waals surface area contributed by atoms with E-state index in [0.717, 1.165) is 0 Å². The molecule has 0 aromatic heterocycles. The molecule has 0 fully saturated rings. The summed E-state index contributed by atoms with van der Waals surface area (Å²) in [7, 11) is 1.50. The molecule has 0 aliphatic heterocycles. The quantitative estimate of drug-likeness (QED) is 0.250. The average Bonchev–Trinajstić information content (AvgIpc) is 2.69.